The molecule has 4 heteroatoms. The van der Waals surface area contributed by atoms with Gasteiger partial charge in [0.15, 0.2) is 0 Å². The lowest BCUT2D eigenvalue weighted by atomic mass is 10.1. The number of hydrogen-bond donors (Lipinski definition) is 1. The molecule has 0 aliphatic carbocycles. The first-order valence-corrected chi connectivity index (χ1v) is 10.7. The Morgan fingerprint density at radius 3 is 2.55 bits per heavy atom. The summed E-state index contributed by atoms with van der Waals surface area (Å²) in [6.45, 7) is 3.56. The van der Waals surface area contributed by atoms with Crippen LogP contribution in [0.1, 0.15) is 28.9 Å². The molecule has 0 aliphatic heterocycles. The molecule has 0 radical (unpaired) electrons. The lowest BCUT2D eigenvalue weighted by Crippen LogP contribution is -2.22. The number of carbonyl (C=O) groups is 1. The average Bonchev–Trinajstić information content (AvgIpc) is 3.15. The summed E-state index contributed by atoms with van der Waals surface area (Å²) in [5.41, 5.74) is 5.76. The standard InChI is InChI=1S/C27H27N3O/c1-21-10-5-6-13-23(21)20-30-25-15-8-7-14-24(25)29-26(30)16-9-19-28-27(31)18-17-22-11-3-2-4-12-22/h2-8,10-15,17-18H,9,16,19-20H2,1H3,(H,28,31)/b18-17+. The summed E-state index contributed by atoms with van der Waals surface area (Å²) < 4.78 is 2.30. The van der Waals surface area contributed by atoms with Crippen LogP contribution in [0.5, 0.6) is 0 Å². The van der Waals surface area contributed by atoms with Gasteiger partial charge < -0.3 is 9.88 Å². The molecule has 0 atom stereocenters. The van der Waals surface area contributed by atoms with E-state index in [1.165, 1.54) is 11.1 Å². The number of aryl methyl sites for hydroxylation is 2. The van der Waals surface area contributed by atoms with E-state index in [0.717, 1.165) is 41.8 Å². The van der Waals surface area contributed by atoms with Gasteiger partial charge in [0.1, 0.15) is 5.82 Å². The van der Waals surface area contributed by atoms with Crippen molar-refractivity contribution in [2.45, 2.75) is 26.3 Å². The Labute approximate surface area is 183 Å². The fraction of sp³-hybridized carbons (Fsp3) is 0.185. The van der Waals surface area contributed by atoms with Gasteiger partial charge in [0.25, 0.3) is 0 Å². The molecule has 0 saturated heterocycles. The Bertz CT molecular complexity index is 1190. The highest BCUT2D eigenvalue weighted by molar-refractivity contribution is 5.91. The van der Waals surface area contributed by atoms with E-state index >= 15 is 0 Å². The molecule has 1 N–H and O–H groups in total. The lowest BCUT2D eigenvalue weighted by Gasteiger charge is -2.12. The molecule has 1 heterocycles. The Morgan fingerprint density at radius 1 is 0.968 bits per heavy atom. The molecule has 0 unspecified atom stereocenters. The van der Waals surface area contributed by atoms with Crippen molar-refractivity contribution in [3.63, 3.8) is 0 Å². The van der Waals surface area contributed by atoms with Crippen LogP contribution in [-0.4, -0.2) is 22.0 Å². The van der Waals surface area contributed by atoms with Crippen LogP contribution in [0.15, 0.2) is 84.9 Å². The van der Waals surface area contributed by atoms with Crippen LogP contribution in [0.3, 0.4) is 0 Å². The van der Waals surface area contributed by atoms with Gasteiger partial charge in [-0.15, -0.1) is 0 Å². The number of benzene rings is 3. The third kappa shape index (κ3) is 5.28. The lowest BCUT2D eigenvalue weighted by molar-refractivity contribution is -0.116. The maximum absolute atomic E-state index is 12.1. The number of fused-ring (bicyclic) bond motifs is 1. The quantitative estimate of drug-likeness (QED) is 0.323. The Balaban J connectivity index is 1.40. The molecule has 4 aromatic rings. The molecule has 1 aromatic heterocycles. The van der Waals surface area contributed by atoms with Crippen molar-refractivity contribution in [3.8, 4) is 0 Å². The SMILES string of the molecule is Cc1ccccc1Cn1c(CCCNC(=O)/C=C/c2ccccc2)nc2ccccc21. The molecule has 156 valence electrons. The van der Waals surface area contributed by atoms with Crippen LogP contribution in [0.4, 0.5) is 0 Å². The van der Waals surface area contributed by atoms with Crippen molar-refractivity contribution in [1.29, 1.82) is 0 Å². The Hall–Kier alpha value is -3.66. The number of imidazole rings is 1. The van der Waals surface area contributed by atoms with Gasteiger partial charge in [-0.3, -0.25) is 4.79 Å². The van der Waals surface area contributed by atoms with E-state index < -0.39 is 0 Å². The van der Waals surface area contributed by atoms with E-state index in [1.54, 1.807) is 6.08 Å². The molecule has 1 amide bonds. The van der Waals surface area contributed by atoms with Crippen molar-refractivity contribution in [3.05, 3.63) is 107 Å². The Kier molecular flexibility index (Phi) is 6.58. The van der Waals surface area contributed by atoms with Gasteiger partial charge in [0.05, 0.1) is 11.0 Å². The van der Waals surface area contributed by atoms with Gasteiger partial charge in [0.2, 0.25) is 5.91 Å². The molecule has 0 aliphatic rings. The summed E-state index contributed by atoms with van der Waals surface area (Å²) in [5, 5.41) is 2.97. The fourth-order valence-electron chi connectivity index (χ4n) is 3.70. The van der Waals surface area contributed by atoms with Gasteiger partial charge in [-0.1, -0.05) is 66.7 Å². The molecule has 4 rings (SSSR count). The van der Waals surface area contributed by atoms with E-state index in [0.29, 0.717) is 6.54 Å². The summed E-state index contributed by atoms with van der Waals surface area (Å²) >= 11 is 0. The first kappa shape index (κ1) is 20.6. The average molecular weight is 410 g/mol. The van der Waals surface area contributed by atoms with Crippen LogP contribution in [-0.2, 0) is 17.8 Å². The number of para-hydroxylation sites is 2. The highest BCUT2D eigenvalue weighted by atomic mass is 16.1. The maximum Gasteiger partial charge on any atom is 0.243 e. The van der Waals surface area contributed by atoms with Crippen molar-refractivity contribution >= 4 is 23.0 Å². The predicted octanol–water partition coefficient (Wildman–Crippen LogP) is 5.16. The minimum Gasteiger partial charge on any atom is -0.353 e. The van der Waals surface area contributed by atoms with E-state index in [-0.39, 0.29) is 5.91 Å². The van der Waals surface area contributed by atoms with Crippen LogP contribution < -0.4 is 5.32 Å². The number of nitrogens with one attached hydrogen (secondary N) is 1. The zero-order valence-corrected chi connectivity index (χ0v) is 17.8. The Morgan fingerprint density at radius 2 is 1.71 bits per heavy atom. The molecular weight excluding hydrogens is 382 g/mol. The molecule has 0 spiro atoms. The fourth-order valence-corrected chi connectivity index (χ4v) is 3.70. The van der Waals surface area contributed by atoms with Gasteiger partial charge in [-0.25, -0.2) is 4.98 Å². The van der Waals surface area contributed by atoms with Crippen LogP contribution in [0.25, 0.3) is 17.1 Å². The molecule has 31 heavy (non-hydrogen) atoms. The summed E-state index contributed by atoms with van der Waals surface area (Å²) in [5.74, 6) is 0.982. The summed E-state index contributed by atoms with van der Waals surface area (Å²) in [7, 11) is 0. The highest BCUT2D eigenvalue weighted by Crippen LogP contribution is 2.20. The van der Waals surface area contributed by atoms with E-state index in [1.807, 2.05) is 42.5 Å². The minimum atomic E-state index is -0.0720. The number of amides is 1. The monoisotopic (exact) mass is 409 g/mol. The van der Waals surface area contributed by atoms with E-state index in [9.17, 15) is 4.79 Å². The molecule has 4 nitrogen and oxygen atoms in total. The summed E-state index contributed by atoms with van der Waals surface area (Å²) in [4.78, 5) is 17.0. The van der Waals surface area contributed by atoms with E-state index in [4.69, 9.17) is 4.98 Å². The zero-order chi connectivity index (χ0) is 21.5. The third-order valence-corrected chi connectivity index (χ3v) is 5.43. The minimum absolute atomic E-state index is 0.0720. The first-order valence-electron chi connectivity index (χ1n) is 10.7. The van der Waals surface area contributed by atoms with Crippen LogP contribution in [0.2, 0.25) is 0 Å². The largest absolute Gasteiger partial charge is 0.353 e. The number of nitrogens with zero attached hydrogens (tertiary/aromatic N) is 2. The number of hydrogen-bond acceptors (Lipinski definition) is 2. The van der Waals surface area contributed by atoms with Gasteiger partial charge in [-0.05, 0) is 48.2 Å². The van der Waals surface area contributed by atoms with Gasteiger partial charge in [0, 0.05) is 25.6 Å². The predicted molar refractivity (Wildman–Crippen MR) is 127 cm³/mol. The van der Waals surface area contributed by atoms with Crippen LogP contribution in [0, 0.1) is 6.92 Å². The number of rotatable bonds is 8. The first-order chi connectivity index (χ1) is 15.2. The zero-order valence-electron chi connectivity index (χ0n) is 17.8. The number of aromatic nitrogens is 2. The maximum atomic E-state index is 12.1. The number of carbonyl (C=O) groups excluding carboxylic acids is 1. The molecule has 0 bridgehead atoms. The van der Waals surface area contributed by atoms with Gasteiger partial charge in [-0.2, -0.15) is 0 Å². The molecule has 3 aromatic carbocycles. The summed E-state index contributed by atoms with van der Waals surface area (Å²) in [6, 6.07) is 26.6. The third-order valence-electron chi connectivity index (χ3n) is 5.43. The molecular formula is C27H27N3O. The van der Waals surface area contributed by atoms with E-state index in [2.05, 4.69) is 59.3 Å². The molecule has 0 saturated carbocycles. The second-order valence-corrected chi connectivity index (χ2v) is 7.67. The van der Waals surface area contributed by atoms with Crippen molar-refractivity contribution in [1.82, 2.24) is 14.9 Å². The second kappa shape index (κ2) is 9.90. The van der Waals surface area contributed by atoms with Crippen molar-refractivity contribution < 1.29 is 4.79 Å². The van der Waals surface area contributed by atoms with Gasteiger partial charge >= 0.3 is 0 Å². The van der Waals surface area contributed by atoms with Crippen molar-refractivity contribution in [2.24, 2.45) is 0 Å². The normalized spacial score (nSPS) is 11.3. The molecule has 0 fully saturated rings. The topological polar surface area (TPSA) is 46.9 Å². The van der Waals surface area contributed by atoms with Crippen LogP contribution >= 0.6 is 0 Å². The highest BCUT2D eigenvalue weighted by Gasteiger charge is 2.11. The second-order valence-electron chi connectivity index (χ2n) is 7.67. The smallest absolute Gasteiger partial charge is 0.243 e. The van der Waals surface area contributed by atoms with Crippen molar-refractivity contribution in [2.75, 3.05) is 6.54 Å². The summed E-state index contributed by atoms with van der Waals surface area (Å²) in [6.07, 6.45) is 5.06.